The van der Waals surface area contributed by atoms with Crippen LogP contribution in [0.2, 0.25) is 0 Å². The van der Waals surface area contributed by atoms with Crippen molar-refractivity contribution in [3.05, 3.63) is 34.1 Å². The van der Waals surface area contributed by atoms with Crippen LogP contribution in [0.1, 0.15) is 33.3 Å². The molecule has 0 spiro atoms. The van der Waals surface area contributed by atoms with E-state index in [4.69, 9.17) is 0 Å². The average molecular weight is 302 g/mol. The molecule has 96 valence electrons. The fraction of sp³-hybridized carbons (Fsp3) is 0.571. The third-order valence-electron chi connectivity index (χ3n) is 2.67. The van der Waals surface area contributed by atoms with Gasteiger partial charge in [-0.1, -0.05) is 49.7 Å². The van der Waals surface area contributed by atoms with Crippen molar-refractivity contribution < 1.29 is 4.39 Å². The van der Waals surface area contributed by atoms with Crippen molar-refractivity contribution in [2.45, 2.75) is 40.2 Å². The van der Waals surface area contributed by atoms with E-state index in [1.165, 1.54) is 6.07 Å². The molecule has 3 heteroatoms. The Kier molecular flexibility index (Phi) is 5.14. The zero-order valence-corrected chi connectivity index (χ0v) is 12.6. The molecule has 0 radical (unpaired) electrons. The number of hydrogen-bond acceptors (Lipinski definition) is 1. The van der Waals surface area contributed by atoms with E-state index >= 15 is 0 Å². The first-order valence-electron chi connectivity index (χ1n) is 5.97. The molecule has 0 fully saturated rings. The number of nitrogens with one attached hydrogen (secondary N) is 1. The van der Waals surface area contributed by atoms with Gasteiger partial charge in [0.15, 0.2) is 0 Å². The number of rotatable bonds is 5. The van der Waals surface area contributed by atoms with E-state index in [9.17, 15) is 4.39 Å². The summed E-state index contributed by atoms with van der Waals surface area (Å²) in [5.41, 5.74) is 0.836. The van der Waals surface area contributed by atoms with Crippen LogP contribution in [0, 0.1) is 11.2 Å². The Labute approximate surface area is 112 Å². The summed E-state index contributed by atoms with van der Waals surface area (Å²) in [6.07, 6.45) is 0.742. The van der Waals surface area contributed by atoms with Gasteiger partial charge in [0.1, 0.15) is 5.82 Å². The quantitative estimate of drug-likeness (QED) is 0.861. The van der Waals surface area contributed by atoms with Crippen molar-refractivity contribution in [1.29, 1.82) is 0 Å². The first-order chi connectivity index (χ1) is 7.80. The smallest absolute Gasteiger partial charge is 0.127 e. The zero-order chi connectivity index (χ0) is 13.1. The predicted molar refractivity (Wildman–Crippen MR) is 74.7 cm³/mol. The maximum absolute atomic E-state index is 13.7. The Morgan fingerprint density at radius 1 is 1.35 bits per heavy atom. The third-order valence-corrected chi connectivity index (χ3v) is 3.17. The minimum atomic E-state index is -0.128. The van der Waals surface area contributed by atoms with Gasteiger partial charge in [-0.25, -0.2) is 4.39 Å². The van der Waals surface area contributed by atoms with Crippen LogP contribution in [-0.4, -0.2) is 12.6 Å². The van der Waals surface area contributed by atoms with Crippen LogP contribution in [-0.2, 0) is 6.42 Å². The Morgan fingerprint density at radius 3 is 2.53 bits per heavy atom. The van der Waals surface area contributed by atoms with Crippen LogP contribution < -0.4 is 5.32 Å². The van der Waals surface area contributed by atoms with Crippen LogP contribution in [0.15, 0.2) is 22.7 Å². The summed E-state index contributed by atoms with van der Waals surface area (Å²) in [4.78, 5) is 0. The largest absolute Gasteiger partial charge is 0.314 e. The lowest BCUT2D eigenvalue weighted by atomic mass is 9.85. The molecule has 17 heavy (non-hydrogen) atoms. The van der Waals surface area contributed by atoms with E-state index in [0.29, 0.717) is 6.04 Å². The molecule has 0 aromatic heterocycles. The first kappa shape index (κ1) is 14.7. The fourth-order valence-electron chi connectivity index (χ4n) is 1.72. The molecular formula is C14H21BrFN. The van der Waals surface area contributed by atoms with Crippen molar-refractivity contribution >= 4 is 15.9 Å². The fourth-order valence-corrected chi connectivity index (χ4v) is 2.06. The normalized spacial score (nSPS) is 12.2. The molecule has 0 atom stereocenters. The maximum atomic E-state index is 13.7. The van der Waals surface area contributed by atoms with Gasteiger partial charge in [0.2, 0.25) is 0 Å². The van der Waals surface area contributed by atoms with Gasteiger partial charge in [-0.2, -0.15) is 0 Å². The molecule has 0 amide bonds. The third kappa shape index (κ3) is 5.17. The van der Waals surface area contributed by atoms with Gasteiger partial charge in [0.05, 0.1) is 0 Å². The highest BCUT2D eigenvalue weighted by atomic mass is 79.9. The molecule has 1 N–H and O–H groups in total. The minimum Gasteiger partial charge on any atom is -0.314 e. The van der Waals surface area contributed by atoms with Crippen molar-refractivity contribution in [2.75, 3.05) is 6.54 Å². The average Bonchev–Trinajstić information content (AvgIpc) is 2.20. The van der Waals surface area contributed by atoms with Crippen LogP contribution in [0.3, 0.4) is 0 Å². The number of benzene rings is 1. The van der Waals surface area contributed by atoms with E-state index in [0.717, 1.165) is 23.0 Å². The van der Waals surface area contributed by atoms with Crippen molar-refractivity contribution in [3.8, 4) is 0 Å². The molecular weight excluding hydrogens is 281 g/mol. The second-order valence-electron chi connectivity index (χ2n) is 5.61. The summed E-state index contributed by atoms with van der Waals surface area (Å²) < 4.78 is 14.5. The van der Waals surface area contributed by atoms with E-state index in [2.05, 4.69) is 48.9 Å². The molecule has 0 saturated carbocycles. The second kappa shape index (κ2) is 5.96. The summed E-state index contributed by atoms with van der Waals surface area (Å²) in [6.45, 7) is 9.44. The summed E-state index contributed by atoms with van der Waals surface area (Å²) in [6, 6.07) is 5.74. The van der Waals surface area contributed by atoms with Crippen LogP contribution >= 0.6 is 15.9 Å². The van der Waals surface area contributed by atoms with Crippen LogP contribution in [0.4, 0.5) is 4.39 Å². The summed E-state index contributed by atoms with van der Waals surface area (Å²) in [7, 11) is 0. The van der Waals surface area contributed by atoms with Gasteiger partial charge in [-0.05, 0) is 29.5 Å². The molecule has 0 heterocycles. The van der Waals surface area contributed by atoms with Gasteiger partial charge < -0.3 is 5.32 Å². The van der Waals surface area contributed by atoms with E-state index in [1.54, 1.807) is 0 Å². The highest BCUT2D eigenvalue weighted by Crippen LogP contribution is 2.24. The molecule has 0 aliphatic heterocycles. The first-order valence-corrected chi connectivity index (χ1v) is 6.77. The van der Waals surface area contributed by atoms with E-state index in [1.807, 2.05) is 12.1 Å². The van der Waals surface area contributed by atoms with E-state index in [-0.39, 0.29) is 11.2 Å². The molecule has 1 nitrogen and oxygen atoms in total. The topological polar surface area (TPSA) is 12.0 Å². The van der Waals surface area contributed by atoms with Crippen molar-refractivity contribution in [3.63, 3.8) is 0 Å². The van der Waals surface area contributed by atoms with Gasteiger partial charge in [-0.15, -0.1) is 0 Å². The van der Waals surface area contributed by atoms with Crippen molar-refractivity contribution in [2.24, 2.45) is 5.41 Å². The van der Waals surface area contributed by atoms with E-state index < -0.39 is 0 Å². The van der Waals surface area contributed by atoms with Crippen molar-refractivity contribution in [1.82, 2.24) is 5.32 Å². The lowest BCUT2D eigenvalue weighted by Gasteiger charge is -2.26. The molecule has 0 saturated heterocycles. The summed E-state index contributed by atoms with van der Waals surface area (Å²) in [5, 5.41) is 3.41. The highest BCUT2D eigenvalue weighted by Gasteiger charge is 2.20. The monoisotopic (exact) mass is 301 g/mol. The summed E-state index contributed by atoms with van der Waals surface area (Å²) >= 11 is 3.27. The Balaban J connectivity index is 2.68. The highest BCUT2D eigenvalue weighted by molar-refractivity contribution is 9.10. The predicted octanol–water partition coefficient (Wildman–Crippen LogP) is 4.15. The second-order valence-corrected chi connectivity index (χ2v) is 6.53. The number of hydrogen-bond donors (Lipinski definition) is 1. The van der Waals surface area contributed by atoms with Gasteiger partial charge in [-0.3, -0.25) is 0 Å². The van der Waals surface area contributed by atoms with Gasteiger partial charge >= 0.3 is 0 Å². The van der Waals surface area contributed by atoms with Gasteiger partial charge in [0.25, 0.3) is 0 Å². The lowest BCUT2D eigenvalue weighted by Crippen LogP contribution is -2.35. The maximum Gasteiger partial charge on any atom is 0.127 e. The molecule has 0 aliphatic rings. The zero-order valence-electron chi connectivity index (χ0n) is 11.0. The Bertz CT molecular complexity index is 374. The molecule has 1 aromatic rings. The standard InChI is InChI=1S/C14H21BrFN/c1-10(2)17-9-14(3,4)8-11-5-6-12(15)7-13(11)16/h5-7,10,17H,8-9H2,1-4H3. The Morgan fingerprint density at radius 2 is 2.00 bits per heavy atom. The molecule has 0 aliphatic carbocycles. The van der Waals surface area contributed by atoms with Gasteiger partial charge in [0, 0.05) is 17.1 Å². The molecule has 0 unspecified atom stereocenters. The minimum absolute atomic E-state index is 0.0545. The molecule has 1 rings (SSSR count). The Hall–Kier alpha value is -0.410. The summed E-state index contributed by atoms with van der Waals surface area (Å²) in [5.74, 6) is -0.128. The molecule has 1 aromatic carbocycles. The SMILES string of the molecule is CC(C)NCC(C)(C)Cc1ccc(Br)cc1F. The van der Waals surface area contributed by atoms with Crippen LogP contribution in [0.25, 0.3) is 0 Å². The lowest BCUT2D eigenvalue weighted by molar-refractivity contribution is 0.321. The van der Waals surface area contributed by atoms with Crippen LogP contribution in [0.5, 0.6) is 0 Å². The number of halogens is 2. The molecule has 0 bridgehead atoms.